The van der Waals surface area contributed by atoms with E-state index in [2.05, 4.69) is 38.9 Å². The zero-order valence-electron chi connectivity index (χ0n) is 54.4. The molecule has 4 heterocycles. The zero-order valence-corrected chi connectivity index (χ0v) is 56.0. The second-order valence-electron chi connectivity index (χ2n) is 27.2. The van der Waals surface area contributed by atoms with Gasteiger partial charge in [0.25, 0.3) is 0 Å². The zero-order chi connectivity index (χ0) is 65.4. The molecule has 486 valence electrons. The first-order valence-corrected chi connectivity index (χ1v) is 33.5. The summed E-state index contributed by atoms with van der Waals surface area (Å²) in [7, 11) is 0. The molecule has 10 rings (SSSR count). The fourth-order valence-corrected chi connectivity index (χ4v) is 12.8. The van der Waals surface area contributed by atoms with Gasteiger partial charge in [-0.3, -0.25) is 28.8 Å². The lowest BCUT2D eigenvalue weighted by atomic mass is 9.70. The maximum Gasteiger partial charge on any atom is 0.313 e. The van der Waals surface area contributed by atoms with Crippen LogP contribution in [0.1, 0.15) is 147 Å². The number of benzene rings is 4. The summed E-state index contributed by atoms with van der Waals surface area (Å²) in [6.45, 7) is 14.7. The van der Waals surface area contributed by atoms with Gasteiger partial charge in [-0.1, -0.05) is 148 Å². The van der Waals surface area contributed by atoms with Crippen LogP contribution in [0.15, 0.2) is 145 Å². The number of esters is 4. The summed E-state index contributed by atoms with van der Waals surface area (Å²) in [4.78, 5) is 99.2. The first-order chi connectivity index (χ1) is 44.1. The van der Waals surface area contributed by atoms with E-state index < -0.39 is 35.0 Å². The van der Waals surface area contributed by atoms with Crippen LogP contribution in [0.2, 0.25) is 0 Å². The molecule has 2 aromatic heterocycles. The van der Waals surface area contributed by atoms with Crippen LogP contribution in [-0.4, -0.2) is 103 Å². The molecule has 6 aromatic rings. The molecule has 1 unspecified atom stereocenters. The maximum atomic E-state index is 13.7. The van der Waals surface area contributed by atoms with Crippen LogP contribution in [0.25, 0.3) is 28.3 Å². The number of rotatable bonds is 22. The molecule has 4 aromatic carbocycles. The Morgan fingerprint density at radius 1 is 0.522 bits per heavy atom. The molecule has 16 nitrogen and oxygen atoms in total. The maximum absolute atomic E-state index is 13.7. The van der Waals surface area contributed by atoms with E-state index in [4.69, 9.17) is 28.9 Å². The van der Waals surface area contributed by atoms with Crippen molar-refractivity contribution >= 4 is 57.2 Å². The van der Waals surface area contributed by atoms with Crippen LogP contribution in [0.5, 0.6) is 0 Å². The van der Waals surface area contributed by atoms with Crippen molar-refractivity contribution in [2.24, 2.45) is 41.4 Å². The molecule has 0 N–H and O–H groups in total. The van der Waals surface area contributed by atoms with E-state index in [1.807, 2.05) is 163 Å². The number of likely N-dealkylation sites (tertiary alicyclic amines) is 2. The number of allylic oxidation sites excluding steroid dienone is 2. The molecular weight excluding hydrogens is 1220 g/mol. The Labute approximate surface area is 550 Å². The van der Waals surface area contributed by atoms with E-state index in [0.29, 0.717) is 24.5 Å². The van der Waals surface area contributed by atoms with Crippen molar-refractivity contribution in [3.8, 4) is 22.8 Å². The predicted molar refractivity (Wildman–Crippen MR) is 356 cm³/mol. The quantitative estimate of drug-likeness (QED) is 0.0459. The molecule has 17 heteroatoms. The second-order valence-corrected chi connectivity index (χ2v) is 28.1. The summed E-state index contributed by atoms with van der Waals surface area (Å²) in [5.74, 6) is 0.122. The lowest BCUT2D eigenvalue weighted by Gasteiger charge is -2.40. The Bertz CT molecular complexity index is 3440. The van der Waals surface area contributed by atoms with Crippen LogP contribution < -0.4 is 0 Å². The highest BCUT2D eigenvalue weighted by molar-refractivity contribution is 9.10. The monoisotopic (exact) mass is 1310 g/mol. The number of carbonyl (C=O) groups excluding carboxylic acids is 6. The van der Waals surface area contributed by atoms with Gasteiger partial charge >= 0.3 is 23.9 Å². The van der Waals surface area contributed by atoms with Gasteiger partial charge in [0, 0.05) is 67.7 Å². The number of halogens is 1. The highest BCUT2D eigenvalue weighted by Crippen LogP contribution is 2.42. The van der Waals surface area contributed by atoms with Gasteiger partial charge in [0.2, 0.25) is 11.8 Å². The molecule has 92 heavy (non-hydrogen) atoms. The van der Waals surface area contributed by atoms with Gasteiger partial charge < -0.3 is 28.7 Å². The highest BCUT2D eigenvalue weighted by Gasteiger charge is 2.43. The van der Waals surface area contributed by atoms with Crippen LogP contribution in [0.3, 0.4) is 0 Å². The summed E-state index contributed by atoms with van der Waals surface area (Å²) in [6.07, 6.45) is 22.2. The summed E-state index contributed by atoms with van der Waals surface area (Å²) in [5, 5.41) is 0. The van der Waals surface area contributed by atoms with Gasteiger partial charge in [0.1, 0.15) is 24.4 Å². The molecule has 2 aliphatic heterocycles. The fourth-order valence-electron chi connectivity index (χ4n) is 12.5. The molecule has 3 fully saturated rings. The van der Waals surface area contributed by atoms with Gasteiger partial charge in [-0.2, -0.15) is 0 Å². The molecule has 0 spiro atoms. The van der Waals surface area contributed by atoms with Crippen molar-refractivity contribution in [2.45, 2.75) is 156 Å². The third-order valence-electron chi connectivity index (χ3n) is 17.6. The fraction of sp³-hybridized carbons (Fsp3) is 0.467. The van der Waals surface area contributed by atoms with Crippen molar-refractivity contribution in [1.29, 1.82) is 0 Å². The van der Waals surface area contributed by atoms with E-state index in [1.54, 1.807) is 22.2 Å². The van der Waals surface area contributed by atoms with E-state index in [1.165, 1.54) is 50.5 Å². The van der Waals surface area contributed by atoms with Crippen LogP contribution in [-0.2, 0) is 73.8 Å². The normalized spacial score (nSPS) is 18.3. The molecule has 0 bridgehead atoms. The molecule has 1 saturated carbocycles. The van der Waals surface area contributed by atoms with Crippen LogP contribution in [0.4, 0.5) is 0 Å². The van der Waals surface area contributed by atoms with Crippen molar-refractivity contribution in [2.75, 3.05) is 26.2 Å². The van der Waals surface area contributed by atoms with Crippen molar-refractivity contribution < 1.29 is 47.7 Å². The van der Waals surface area contributed by atoms with E-state index >= 15 is 0 Å². The second kappa shape index (κ2) is 32.1. The summed E-state index contributed by atoms with van der Waals surface area (Å²) >= 11 is 3.34. The molecule has 2 saturated heterocycles. The summed E-state index contributed by atoms with van der Waals surface area (Å²) in [5.41, 5.74) is 6.62. The average molecular weight is 1310 g/mol. The number of amides is 2. The number of hydrogen-bond donors (Lipinski definition) is 0. The van der Waals surface area contributed by atoms with Crippen molar-refractivity contribution in [3.63, 3.8) is 0 Å². The lowest BCUT2D eigenvalue weighted by molar-refractivity contribution is -0.170. The van der Waals surface area contributed by atoms with Crippen molar-refractivity contribution in [1.82, 2.24) is 29.7 Å². The topological polar surface area (TPSA) is 197 Å². The Hall–Kier alpha value is -7.92. The highest BCUT2D eigenvalue weighted by atomic mass is 79.9. The molecule has 2 aliphatic carbocycles. The molecular formula is C75H89BrN6O10. The lowest BCUT2D eigenvalue weighted by Crippen LogP contribution is -2.56. The van der Waals surface area contributed by atoms with Crippen LogP contribution in [0, 0.1) is 41.4 Å². The SMILES string of the molecule is CC(C)(C)OC(=O)C1CN(C(=O)[C@@H](CC(=O)OCc2ccccc2)Cc2ccc(-c3ncc(Br)cn3)cc2)C1.CCCC1CCC(C2CC=C(c3cnc(-c4ccc(C[C@H](CC(=O)OCc5ccccc5)C(=O)N5CC(C(=O)OC(C)(C)C)C5)cc4)nc3)CC2)CC1. The standard InChI is InChI=1S/C45H57N3O5.C30H32BrN3O5/c1-5-9-31-12-16-34(17-13-31)35-20-22-36(23-21-35)39-26-46-42(47-27-39)37-18-14-32(15-19-37)24-38(25-41(49)52-30-33-10-7-6-8-11-33)43(50)48-28-40(29-48)44(51)53-45(2,3)4;1-30(2,3)39-29(37)24-17-34(18-24)28(36)23(14-26(35)38-19-21-7-5-4-6-8-21)13-20-9-11-22(12-10-20)27-32-15-25(31)16-33-27/h6-8,10-11,14-15,18-19,22,26-27,31,34-35,38,40H,5,9,12-13,16-17,20-21,23-25,28-30H2,1-4H3;4-12,15-16,23-24H,13-14,17-19H2,1-3H3/t31?,34?,35?,38-;23-/m11/s1. The number of hydrogen-bond acceptors (Lipinski definition) is 14. The Kier molecular flexibility index (Phi) is 23.9. The van der Waals surface area contributed by atoms with E-state index in [9.17, 15) is 28.8 Å². The van der Waals surface area contributed by atoms with Crippen LogP contribution >= 0.6 is 15.9 Å². The Morgan fingerprint density at radius 3 is 1.34 bits per heavy atom. The van der Waals surface area contributed by atoms with Crippen molar-refractivity contribution in [3.05, 3.63) is 172 Å². The minimum absolute atomic E-state index is 0.0533. The number of carbonyl (C=O) groups is 6. The first kappa shape index (κ1) is 68.4. The van der Waals surface area contributed by atoms with E-state index in [0.717, 1.165) is 74.0 Å². The van der Waals surface area contributed by atoms with Gasteiger partial charge in [0.05, 0.1) is 41.0 Å². The number of aromatic nitrogens is 4. The van der Waals surface area contributed by atoms with Gasteiger partial charge in [-0.25, -0.2) is 19.9 Å². The molecule has 3 atom stereocenters. The molecule has 0 radical (unpaired) electrons. The first-order valence-electron chi connectivity index (χ1n) is 32.7. The van der Waals surface area contributed by atoms with E-state index in [-0.39, 0.29) is 87.8 Å². The summed E-state index contributed by atoms with van der Waals surface area (Å²) < 4.78 is 22.8. The minimum atomic E-state index is -0.626. The summed E-state index contributed by atoms with van der Waals surface area (Å²) in [6, 6.07) is 34.4. The Morgan fingerprint density at radius 2 is 0.946 bits per heavy atom. The number of ether oxygens (including phenoxy) is 4. The third-order valence-corrected chi connectivity index (χ3v) is 18.0. The minimum Gasteiger partial charge on any atom is -0.461 e. The predicted octanol–water partition coefficient (Wildman–Crippen LogP) is 14.0. The number of nitrogens with zero attached hydrogens (tertiary/aromatic N) is 6. The van der Waals surface area contributed by atoms with Gasteiger partial charge in [-0.05, 0) is 148 Å². The molecule has 2 amide bonds. The van der Waals surface area contributed by atoms with Gasteiger partial charge in [0.15, 0.2) is 11.6 Å². The largest absolute Gasteiger partial charge is 0.461 e. The smallest absolute Gasteiger partial charge is 0.313 e. The Balaban J connectivity index is 0.000000228. The van der Waals surface area contributed by atoms with Gasteiger partial charge in [-0.15, -0.1) is 0 Å². The average Bonchev–Trinajstić information content (AvgIpc) is 0.837. The third kappa shape index (κ3) is 20.3. The molecule has 4 aliphatic rings.